The Balaban J connectivity index is 2.87. The number of carboxylic acids is 1. The van der Waals surface area contributed by atoms with E-state index in [0.29, 0.717) is 4.90 Å². The number of carboxylic acid groups (broad SMARTS) is 1. The van der Waals surface area contributed by atoms with Crippen LogP contribution in [0.25, 0.3) is 0 Å². The predicted molar refractivity (Wildman–Crippen MR) is 58.5 cm³/mol. The summed E-state index contributed by atoms with van der Waals surface area (Å²) < 4.78 is 43.2. The average molecular weight is 297 g/mol. The minimum atomic E-state index is -4.82. The fourth-order valence-electron chi connectivity index (χ4n) is 1.98. The van der Waals surface area contributed by atoms with Gasteiger partial charge in [-0.3, -0.25) is 14.4 Å². The molecule has 0 bridgehead atoms. The second-order valence-electron chi connectivity index (χ2n) is 4.35. The normalized spacial score (nSPS) is 20.9. The van der Waals surface area contributed by atoms with Gasteiger partial charge in [0.1, 0.15) is 6.04 Å². The maximum absolute atomic E-state index is 12.9. The van der Waals surface area contributed by atoms with Crippen molar-refractivity contribution in [3.63, 3.8) is 0 Å². The van der Waals surface area contributed by atoms with E-state index >= 15 is 0 Å². The predicted octanol–water partition coefficient (Wildman–Crippen LogP) is 0.804. The lowest BCUT2D eigenvalue weighted by molar-refractivity contribution is -0.193. The number of rotatable bonds is 5. The van der Waals surface area contributed by atoms with Gasteiger partial charge in [0.15, 0.2) is 0 Å². The molecule has 0 radical (unpaired) electrons. The van der Waals surface area contributed by atoms with Crippen molar-refractivity contribution in [2.24, 2.45) is 5.92 Å². The van der Waals surface area contributed by atoms with E-state index in [9.17, 15) is 27.6 Å². The molecule has 20 heavy (non-hydrogen) atoms. The van der Waals surface area contributed by atoms with Gasteiger partial charge in [-0.05, 0) is 6.92 Å². The minimum absolute atomic E-state index is 0.0743. The Labute approximate surface area is 112 Å². The van der Waals surface area contributed by atoms with E-state index in [4.69, 9.17) is 5.11 Å². The highest BCUT2D eigenvalue weighted by molar-refractivity contribution is 5.86. The van der Waals surface area contributed by atoms with Gasteiger partial charge < -0.3 is 14.7 Å². The molecule has 1 aliphatic rings. The number of esters is 1. The Morgan fingerprint density at radius 1 is 1.50 bits per heavy atom. The molecule has 1 amide bonds. The summed E-state index contributed by atoms with van der Waals surface area (Å²) in [6, 6.07) is -2.35. The van der Waals surface area contributed by atoms with Crippen LogP contribution in [0.4, 0.5) is 13.2 Å². The van der Waals surface area contributed by atoms with Gasteiger partial charge in [-0.15, -0.1) is 0 Å². The van der Waals surface area contributed by atoms with Crippen LogP contribution in [0.2, 0.25) is 0 Å². The van der Waals surface area contributed by atoms with Gasteiger partial charge >= 0.3 is 18.1 Å². The number of hydrogen-bond donors (Lipinski definition) is 1. The van der Waals surface area contributed by atoms with Crippen LogP contribution in [0.15, 0.2) is 0 Å². The number of likely N-dealkylation sites (tertiary alicyclic amines) is 1. The summed E-state index contributed by atoms with van der Waals surface area (Å²) in [5.74, 6) is -4.53. The molecule has 1 saturated heterocycles. The second-order valence-corrected chi connectivity index (χ2v) is 4.35. The quantitative estimate of drug-likeness (QED) is 0.759. The van der Waals surface area contributed by atoms with Gasteiger partial charge in [0, 0.05) is 13.0 Å². The van der Waals surface area contributed by atoms with Crippen LogP contribution in [-0.2, 0) is 19.1 Å². The Hall–Kier alpha value is -1.80. The summed E-state index contributed by atoms with van der Waals surface area (Å²) in [7, 11) is 0. The fourth-order valence-corrected chi connectivity index (χ4v) is 1.98. The molecule has 0 saturated carbocycles. The molecule has 2 unspecified atom stereocenters. The summed E-state index contributed by atoms with van der Waals surface area (Å²) >= 11 is 0. The molecule has 1 fully saturated rings. The van der Waals surface area contributed by atoms with E-state index in [-0.39, 0.29) is 6.61 Å². The zero-order valence-electron chi connectivity index (χ0n) is 10.6. The van der Waals surface area contributed by atoms with Crippen molar-refractivity contribution >= 4 is 17.8 Å². The molecule has 0 aromatic carbocycles. The number of carbonyl (C=O) groups is 3. The molecule has 0 spiro atoms. The van der Waals surface area contributed by atoms with Crippen molar-refractivity contribution in [2.75, 3.05) is 13.2 Å². The largest absolute Gasteiger partial charge is 0.481 e. The zero-order valence-corrected chi connectivity index (χ0v) is 10.6. The van der Waals surface area contributed by atoms with Crippen molar-refractivity contribution < 1.29 is 37.4 Å². The van der Waals surface area contributed by atoms with Crippen LogP contribution >= 0.6 is 0 Å². The molecule has 0 aromatic rings. The van der Waals surface area contributed by atoms with Crippen molar-refractivity contribution in [2.45, 2.75) is 32.0 Å². The molecule has 114 valence electrons. The maximum atomic E-state index is 12.9. The van der Waals surface area contributed by atoms with Gasteiger partial charge in [0.25, 0.3) is 0 Å². The lowest BCUT2D eigenvalue weighted by Crippen LogP contribution is -2.48. The van der Waals surface area contributed by atoms with E-state index in [1.54, 1.807) is 0 Å². The smallest absolute Gasteiger partial charge is 0.409 e. The molecule has 9 heteroatoms. The fraction of sp³-hybridized carbons (Fsp3) is 0.727. The highest BCUT2D eigenvalue weighted by atomic mass is 19.4. The minimum Gasteiger partial charge on any atom is -0.481 e. The van der Waals surface area contributed by atoms with Crippen LogP contribution in [0.3, 0.4) is 0 Å². The highest BCUT2D eigenvalue weighted by Crippen LogP contribution is 2.32. The third kappa shape index (κ3) is 3.84. The summed E-state index contributed by atoms with van der Waals surface area (Å²) in [4.78, 5) is 33.9. The molecule has 1 heterocycles. The molecular weight excluding hydrogens is 283 g/mol. The zero-order chi connectivity index (χ0) is 15.5. The molecule has 1 aliphatic heterocycles. The first-order valence-corrected chi connectivity index (χ1v) is 5.91. The van der Waals surface area contributed by atoms with Gasteiger partial charge in [-0.2, -0.15) is 13.2 Å². The Kier molecular flexibility index (Phi) is 4.96. The van der Waals surface area contributed by atoms with Crippen LogP contribution < -0.4 is 0 Å². The number of hydrogen-bond acceptors (Lipinski definition) is 4. The molecule has 2 atom stereocenters. The lowest BCUT2D eigenvalue weighted by atomic mass is 10.1. The first kappa shape index (κ1) is 16.3. The molecular formula is C11H14F3NO5. The monoisotopic (exact) mass is 297 g/mol. The summed E-state index contributed by atoms with van der Waals surface area (Å²) in [6.45, 7) is 0.814. The Morgan fingerprint density at radius 2 is 2.10 bits per heavy atom. The summed E-state index contributed by atoms with van der Waals surface area (Å²) in [5, 5.41) is 8.75. The number of carbonyl (C=O) groups excluding carboxylic acids is 2. The molecule has 0 aromatic heterocycles. The van der Waals surface area contributed by atoms with E-state index in [0.717, 1.165) is 0 Å². The lowest BCUT2D eigenvalue weighted by Gasteiger charge is -2.29. The number of ether oxygens (including phenoxy) is 1. The van der Waals surface area contributed by atoms with Crippen molar-refractivity contribution in [3.8, 4) is 0 Å². The summed E-state index contributed by atoms with van der Waals surface area (Å²) in [6.07, 6.45) is -6.35. The Bertz CT molecular complexity index is 409. The first-order chi connectivity index (χ1) is 9.16. The van der Waals surface area contributed by atoms with Crippen molar-refractivity contribution in [1.82, 2.24) is 4.90 Å². The van der Waals surface area contributed by atoms with E-state index in [1.165, 1.54) is 6.92 Å². The van der Waals surface area contributed by atoms with Crippen LogP contribution in [0, 0.1) is 5.92 Å². The average Bonchev–Trinajstić information content (AvgIpc) is 2.67. The maximum Gasteiger partial charge on any atom is 0.409 e. The number of nitrogens with zero attached hydrogens (tertiary/aromatic N) is 1. The highest BCUT2D eigenvalue weighted by Gasteiger charge is 2.50. The van der Waals surface area contributed by atoms with Crippen LogP contribution in [-0.4, -0.2) is 53.2 Å². The van der Waals surface area contributed by atoms with Crippen molar-refractivity contribution in [1.29, 1.82) is 0 Å². The van der Waals surface area contributed by atoms with Gasteiger partial charge in [0.05, 0.1) is 18.9 Å². The van der Waals surface area contributed by atoms with E-state index < -0.39 is 55.4 Å². The second kappa shape index (κ2) is 6.10. The topological polar surface area (TPSA) is 83.9 Å². The number of alkyl halides is 3. The Morgan fingerprint density at radius 3 is 2.50 bits per heavy atom. The van der Waals surface area contributed by atoms with Crippen LogP contribution in [0.5, 0.6) is 0 Å². The SMILES string of the molecule is CCOC(=O)CC(N1CC(C(=O)O)CC1=O)C(F)(F)F. The number of amides is 1. The number of halogens is 3. The van der Waals surface area contributed by atoms with E-state index in [1.807, 2.05) is 0 Å². The van der Waals surface area contributed by atoms with Gasteiger partial charge in [-0.1, -0.05) is 0 Å². The molecule has 6 nitrogen and oxygen atoms in total. The van der Waals surface area contributed by atoms with Gasteiger partial charge in [-0.25, -0.2) is 0 Å². The molecule has 1 rings (SSSR count). The number of aliphatic carboxylic acids is 1. The van der Waals surface area contributed by atoms with E-state index in [2.05, 4.69) is 4.74 Å². The summed E-state index contributed by atoms with van der Waals surface area (Å²) in [5.41, 5.74) is 0. The molecule has 0 aliphatic carbocycles. The third-order valence-corrected chi connectivity index (χ3v) is 2.93. The molecule has 1 N–H and O–H groups in total. The first-order valence-electron chi connectivity index (χ1n) is 5.91. The standard InChI is InChI=1S/C11H14F3NO5/c1-2-20-9(17)4-7(11(12,13)14)15-5-6(10(18)19)3-8(15)16/h6-7H,2-5H2,1H3,(H,18,19). The van der Waals surface area contributed by atoms with Crippen molar-refractivity contribution in [3.05, 3.63) is 0 Å². The van der Waals surface area contributed by atoms with Crippen LogP contribution in [0.1, 0.15) is 19.8 Å². The van der Waals surface area contributed by atoms with Gasteiger partial charge in [0.2, 0.25) is 5.91 Å². The third-order valence-electron chi connectivity index (χ3n) is 2.93.